The van der Waals surface area contributed by atoms with Crippen LogP contribution < -0.4 is 0 Å². The van der Waals surface area contributed by atoms with Gasteiger partial charge < -0.3 is 14.2 Å². The second-order valence-corrected chi connectivity index (χ2v) is 21.0. The van der Waals surface area contributed by atoms with Gasteiger partial charge in [-0.25, -0.2) is 0 Å². The van der Waals surface area contributed by atoms with E-state index in [1.807, 2.05) is 0 Å². The van der Waals surface area contributed by atoms with E-state index in [9.17, 15) is 14.4 Å². The summed E-state index contributed by atoms with van der Waals surface area (Å²) in [6, 6.07) is 0. The zero-order valence-corrected chi connectivity index (χ0v) is 47.1. The lowest BCUT2D eigenvalue weighted by Gasteiger charge is -2.18. The summed E-state index contributed by atoms with van der Waals surface area (Å²) < 4.78 is 16.8. The third kappa shape index (κ3) is 56.5. The van der Waals surface area contributed by atoms with Crippen LogP contribution in [0.5, 0.6) is 0 Å². The fourth-order valence-electron chi connectivity index (χ4n) is 9.18. The molecule has 0 aliphatic carbocycles. The van der Waals surface area contributed by atoms with Gasteiger partial charge in [-0.15, -0.1) is 0 Å². The van der Waals surface area contributed by atoms with Crippen LogP contribution in [-0.2, 0) is 28.6 Å². The third-order valence-corrected chi connectivity index (χ3v) is 13.9. The molecule has 0 fully saturated rings. The topological polar surface area (TPSA) is 78.9 Å². The minimum absolute atomic E-state index is 0.0718. The van der Waals surface area contributed by atoms with Crippen molar-refractivity contribution in [2.45, 2.75) is 341 Å². The van der Waals surface area contributed by atoms with Crippen molar-refractivity contribution in [3.8, 4) is 0 Å². The second kappa shape index (κ2) is 59.2. The summed E-state index contributed by atoms with van der Waals surface area (Å²) in [6.45, 7) is 6.62. The van der Waals surface area contributed by atoms with Gasteiger partial charge in [0.25, 0.3) is 0 Å². The molecular formula is C64H118O6. The highest BCUT2D eigenvalue weighted by molar-refractivity contribution is 5.71. The largest absolute Gasteiger partial charge is 0.462 e. The predicted molar refractivity (Wildman–Crippen MR) is 302 cm³/mol. The smallest absolute Gasteiger partial charge is 0.306 e. The molecule has 0 saturated carbocycles. The highest BCUT2D eigenvalue weighted by Gasteiger charge is 2.19. The molecule has 0 aromatic carbocycles. The first-order valence-electron chi connectivity index (χ1n) is 31.0. The number of carbonyl (C=O) groups is 3. The van der Waals surface area contributed by atoms with E-state index in [4.69, 9.17) is 14.2 Å². The van der Waals surface area contributed by atoms with Gasteiger partial charge in [0.05, 0.1) is 0 Å². The van der Waals surface area contributed by atoms with Crippen LogP contribution in [0.1, 0.15) is 335 Å². The number of ether oxygens (including phenoxy) is 3. The Morgan fingerprint density at radius 1 is 0.286 bits per heavy atom. The van der Waals surface area contributed by atoms with Crippen molar-refractivity contribution in [1.82, 2.24) is 0 Å². The van der Waals surface area contributed by atoms with Gasteiger partial charge in [-0.05, 0) is 77.0 Å². The summed E-state index contributed by atoms with van der Waals surface area (Å²) in [4.78, 5) is 38.0. The molecule has 0 aromatic rings. The number of carbonyl (C=O) groups excluding carboxylic acids is 3. The number of esters is 3. The summed E-state index contributed by atoms with van der Waals surface area (Å²) in [5.74, 6) is -0.869. The van der Waals surface area contributed by atoms with Crippen LogP contribution in [0.15, 0.2) is 36.5 Å². The van der Waals surface area contributed by atoms with E-state index < -0.39 is 6.10 Å². The van der Waals surface area contributed by atoms with Crippen LogP contribution in [0.3, 0.4) is 0 Å². The Hall–Kier alpha value is -2.37. The molecule has 0 radical (unpaired) electrons. The molecule has 0 amide bonds. The van der Waals surface area contributed by atoms with E-state index in [1.165, 1.54) is 225 Å². The van der Waals surface area contributed by atoms with Crippen LogP contribution in [0, 0.1) is 0 Å². The molecular weight excluding hydrogens is 865 g/mol. The second-order valence-electron chi connectivity index (χ2n) is 21.0. The molecule has 1 unspecified atom stereocenters. The maximum atomic E-state index is 12.8. The predicted octanol–water partition coefficient (Wildman–Crippen LogP) is 20.8. The minimum Gasteiger partial charge on any atom is -0.462 e. The fraction of sp³-hybridized carbons (Fsp3) is 0.859. The molecule has 6 nitrogen and oxygen atoms in total. The fourth-order valence-corrected chi connectivity index (χ4v) is 9.18. The molecule has 410 valence electrons. The zero-order valence-electron chi connectivity index (χ0n) is 47.1. The van der Waals surface area contributed by atoms with E-state index in [1.54, 1.807) is 0 Å². The zero-order chi connectivity index (χ0) is 50.7. The van der Waals surface area contributed by atoms with E-state index in [2.05, 4.69) is 57.2 Å². The van der Waals surface area contributed by atoms with Gasteiger partial charge >= 0.3 is 17.9 Å². The summed E-state index contributed by atoms with van der Waals surface area (Å²) in [7, 11) is 0. The summed E-state index contributed by atoms with van der Waals surface area (Å²) in [5.41, 5.74) is 0. The van der Waals surface area contributed by atoms with E-state index in [0.29, 0.717) is 19.3 Å². The molecule has 0 rings (SSSR count). The Morgan fingerprint density at radius 3 is 0.814 bits per heavy atom. The average Bonchev–Trinajstić information content (AvgIpc) is 3.36. The molecule has 0 spiro atoms. The lowest BCUT2D eigenvalue weighted by atomic mass is 10.0. The Balaban J connectivity index is 4.08. The SMILES string of the molecule is CCCCCC/C=C\C/C=C\CCCCCCCCCC(=O)OC(COC(=O)CCCCCCCCC)COC(=O)CCCCCCCCCCCCCCCCC/C=C\CCCCCCCCCC. The van der Waals surface area contributed by atoms with Gasteiger partial charge in [0.2, 0.25) is 0 Å². The van der Waals surface area contributed by atoms with Gasteiger partial charge in [-0.3, -0.25) is 14.4 Å². The van der Waals surface area contributed by atoms with E-state index in [0.717, 1.165) is 70.6 Å². The van der Waals surface area contributed by atoms with Crippen molar-refractivity contribution in [1.29, 1.82) is 0 Å². The standard InChI is InChI=1S/C64H118O6/c1-4-7-10-13-16-18-20-22-24-26-28-29-30-31-32-33-34-35-36-38-39-41-43-45-48-51-54-57-63(66)69-60-61(59-68-62(65)56-53-50-47-15-12-9-6-3)70-64(67)58-55-52-49-46-44-42-40-37-27-25-23-21-19-17-14-11-8-5-2/h19,21,25-28,61H,4-18,20,22-24,29-60H2,1-3H3/b21-19-,27-25-,28-26-. The van der Waals surface area contributed by atoms with Gasteiger partial charge in [-0.2, -0.15) is 0 Å². The third-order valence-electron chi connectivity index (χ3n) is 13.9. The monoisotopic (exact) mass is 983 g/mol. The minimum atomic E-state index is -0.772. The molecule has 6 heteroatoms. The van der Waals surface area contributed by atoms with Crippen LogP contribution in [0.2, 0.25) is 0 Å². The number of hydrogen-bond acceptors (Lipinski definition) is 6. The summed E-state index contributed by atoms with van der Waals surface area (Å²) >= 11 is 0. The molecule has 0 heterocycles. The first-order valence-corrected chi connectivity index (χ1v) is 31.0. The highest BCUT2D eigenvalue weighted by atomic mass is 16.6. The van der Waals surface area contributed by atoms with Crippen molar-refractivity contribution in [3.05, 3.63) is 36.5 Å². The number of hydrogen-bond donors (Lipinski definition) is 0. The molecule has 0 saturated heterocycles. The maximum absolute atomic E-state index is 12.8. The van der Waals surface area contributed by atoms with E-state index in [-0.39, 0.29) is 31.1 Å². The van der Waals surface area contributed by atoms with Crippen molar-refractivity contribution in [3.63, 3.8) is 0 Å². The van der Waals surface area contributed by atoms with Crippen molar-refractivity contribution >= 4 is 17.9 Å². The Kier molecular flexibility index (Phi) is 57.2. The Morgan fingerprint density at radius 2 is 0.514 bits per heavy atom. The van der Waals surface area contributed by atoms with Crippen molar-refractivity contribution in [2.24, 2.45) is 0 Å². The molecule has 0 aliphatic rings. The molecule has 0 aromatic heterocycles. The molecule has 0 aliphatic heterocycles. The van der Waals surface area contributed by atoms with Gasteiger partial charge in [-0.1, -0.05) is 276 Å². The van der Waals surface area contributed by atoms with Gasteiger partial charge in [0.15, 0.2) is 6.10 Å². The van der Waals surface area contributed by atoms with Crippen LogP contribution >= 0.6 is 0 Å². The molecule has 0 N–H and O–H groups in total. The summed E-state index contributed by atoms with van der Waals surface area (Å²) in [5, 5.41) is 0. The normalized spacial score (nSPS) is 12.2. The van der Waals surface area contributed by atoms with Gasteiger partial charge in [0, 0.05) is 19.3 Å². The van der Waals surface area contributed by atoms with Crippen LogP contribution in [0.4, 0.5) is 0 Å². The number of unbranched alkanes of at least 4 members (excludes halogenated alkanes) is 40. The maximum Gasteiger partial charge on any atom is 0.306 e. The highest BCUT2D eigenvalue weighted by Crippen LogP contribution is 2.17. The average molecular weight is 984 g/mol. The van der Waals surface area contributed by atoms with E-state index >= 15 is 0 Å². The van der Waals surface area contributed by atoms with Crippen molar-refractivity contribution in [2.75, 3.05) is 13.2 Å². The molecule has 70 heavy (non-hydrogen) atoms. The first-order chi connectivity index (χ1) is 34.5. The van der Waals surface area contributed by atoms with Crippen molar-refractivity contribution < 1.29 is 28.6 Å². The molecule has 1 atom stereocenters. The van der Waals surface area contributed by atoms with Gasteiger partial charge in [0.1, 0.15) is 13.2 Å². The van der Waals surface area contributed by atoms with Crippen LogP contribution in [0.25, 0.3) is 0 Å². The first kappa shape index (κ1) is 67.6. The number of allylic oxidation sites excluding steroid dienone is 6. The number of rotatable bonds is 57. The quantitative estimate of drug-likeness (QED) is 0.0261. The summed E-state index contributed by atoms with van der Waals surface area (Å²) in [6.07, 6.45) is 71.8. The molecule has 0 bridgehead atoms. The Labute approximate surface area is 435 Å². The van der Waals surface area contributed by atoms with Crippen LogP contribution in [-0.4, -0.2) is 37.2 Å². The Bertz CT molecular complexity index is 1170. The lowest BCUT2D eigenvalue weighted by molar-refractivity contribution is -0.167. The lowest BCUT2D eigenvalue weighted by Crippen LogP contribution is -2.30.